The molecule has 1 unspecified atom stereocenters. The van der Waals surface area contributed by atoms with Gasteiger partial charge in [0.25, 0.3) is 5.91 Å². The van der Waals surface area contributed by atoms with Gasteiger partial charge >= 0.3 is 0 Å². The molecule has 0 heterocycles. The Labute approximate surface area is 104 Å². The molecule has 4 heteroatoms. The number of aryl methyl sites for hydroxylation is 1. The Kier molecular flexibility index (Phi) is 4.96. The van der Waals surface area contributed by atoms with Crippen LogP contribution in [-0.4, -0.2) is 24.2 Å². The second-order valence-electron chi connectivity index (χ2n) is 3.96. The molecule has 2 N–H and O–H groups in total. The van der Waals surface area contributed by atoms with Crippen molar-refractivity contribution in [1.29, 1.82) is 0 Å². The van der Waals surface area contributed by atoms with Gasteiger partial charge in [-0.15, -0.1) is 0 Å². The van der Waals surface area contributed by atoms with E-state index in [1.807, 2.05) is 19.9 Å². The summed E-state index contributed by atoms with van der Waals surface area (Å²) in [7, 11) is 0. The van der Waals surface area contributed by atoms with Crippen molar-refractivity contribution < 1.29 is 9.90 Å². The molecule has 1 aromatic rings. The predicted octanol–water partition coefficient (Wildman–Crippen LogP) is 2.12. The van der Waals surface area contributed by atoms with E-state index in [9.17, 15) is 4.79 Å². The van der Waals surface area contributed by atoms with Crippen LogP contribution in [0.3, 0.4) is 0 Å². The van der Waals surface area contributed by atoms with Crippen molar-refractivity contribution >= 4 is 21.8 Å². The number of hydrogen-bond acceptors (Lipinski definition) is 2. The molecule has 0 bridgehead atoms. The molecule has 88 valence electrons. The number of rotatable bonds is 4. The number of benzene rings is 1. The molecule has 0 spiro atoms. The van der Waals surface area contributed by atoms with Gasteiger partial charge in [-0.2, -0.15) is 0 Å². The molecule has 1 aromatic carbocycles. The summed E-state index contributed by atoms with van der Waals surface area (Å²) in [4.78, 5) is 11.7. The van der Waals surface area contributed by atoms with Crippen LogP contribution in [0.15, 0.2) is 22.7 Å². The summed E-state index contributed by atoms with van der Waals surface area (Å²) in [6.45, 7) is 4.42. The highest BCUT2D eigenvalue weighted by Crippen LogP contribution is 2.17. The highest BCUT2D eigenvalue weighted by atomic mass is 79.9. The number of nitrogens with one attached hydrogen (secondary N) is 1. The Morgan fingerprint density at radius 1 is 1.56 bits per heavy atom. The first-order valence-corrected chi connectivity index (χ1v) is 5.99. The molecule has 0 radical (unpaired) electrons. The van der Waals surface area contributed by atoms with E-state index in [-0.39, 0.29) is 18.4 Å². The third-order valence-electron chi connectivity index (χ3n) is 2.36. The van der Waals surface area contributed by atoms with Crippen LogP contribution in [0.2, 0.25) is 0 Å². The second-order valence-corrected chi connectivity index (χ2v) is 4.82. The summed E-state index contributed by atoms with van der Waals surface area (Å²) < 4.78 is 0.926. The van der Waals surface area contributed by atoms with Crippen LogP contribution >= 0.6 is 15.9 Å². The fourth-order valence-electron chi connectivity index (χ4n) is 1.17. The number of aliphatic hydroxyl groups excluding tert-OH is 1. The van der Waals surface area contributed by atoms with E-state index >= 15 is 0 Å². The first-order valence-electron chi connectivity index (χ1n) is 5.19. The van der Waals surface area contributed by atoms with Gasteiger partial charge in [0.2, 0.25) is 0 Å². The fourth-order valence-corrected chi connectivity index (χ4v) is 1.55. The maximum Gasteiger partial charge on any atom is 0.251 e. The Morgan fingerprint density at radius 2 is 2.25 bits per heavy atom. The van der Waals surface area contributed by atoms with E-state index in [0.717, 1.165) is 10.0 Å². The largest absolute Gasteiger partial charge is 0.396 e. The normalized spacial score (nSPS) is 12.2. The fraction of sp³-hybridized carbons (Fsp3) is 0.417. The molecule has 3 nitrogen and oxygen atoms in total. The quantitative estimate of drug-likeness (QED) is 0.890. The number of carbonyl (C=O) groups is 1. The Hall–Kier alpha value is -0.870. The molecule has 1 atom stereocenters. The topological polar surface area (TPSA) is 49.3 Å². The minimum Gasteiger partial charge on any atom is -0.396 e. The first-order chi connectivity index (χ1) is 7.54. The number of aliphatic hydroxyl groups is 1. The van der Waals surface area contributed by atoms with Crippen molar-refractivity contribution in [3.05, 3.63) is 33.8 Å². The highest BCUT2D eigenvalue weighted by molar-refractivity contribution is 9.10. The van der Waals surface area contributed by atoms with Crippen LogP contribution in [0.4, 0.5) is 0 Å². The molecule has 0 aliphatic heterocycles. The minimum absolute atomic E-state index is 0.0812. The molecule has 0 fully saturated rings. The van der Waals surface area contributed by atoms with Crippen LogP contribution in [0.1, 0.15) is 22.8 Å². The average molecular weight is 286 g/mol. The monoisotopic (exact) mass is 285 g/mol. The number of hydrogen-bond donors (Lipinski definition) is 2. The summed E-state index contributed by atoms with van der Waals surface area (Å²) in [6, 6.07) is 5.49. The minimum atomic E-state index is -0.110. The van der Waals surface area contributed by atoms with Crippen LogP contribution in [0.25, 0.3) is 0 Å². The van der Waals surface area contributed by atoms with Crippen LogP contribution in [0.5, 0.6) is 0 Å². The second kappa shape index (κ2) is 6.01. The average Bonchev–Trinajstić information content (AvgIpc) is 2.29. The zero-order valence-corrected chi connectivity index (χ0v) is 11.0. The summed E-state index contributed by atoms with van der Waals surface area (Å²) in [5.74, 6) is -0.0289. The number of halogens is 1. The van der Waals surface area contributed by atoms with Gasteiger partial charge in [-0.25, -0.2) is 0 Å². The Bertz CT molecular complexity index is 379. The summed E-state index contributed by atoms with van der Waals surface area (Å²) in [5, 5.41) is 11.6. The summed E-state index contributed by atoms with van der Waals surface area (Å²) in [6.07, 6.45) is 0. The van der Waals surface area contributed by atoms with E-state index in [4.69, 9.17) is 5.11 Å². The zero-order chi connectivity index (χ0) is 12.1. The van der Waals surface area contributed by atoms with Crippen molar-refractivity contribution in [2.75, 3.05) is 13.2 Å². The molecule has 1 rings (SSSR count). The van der Waals surface area contributed by atoms with Crippen molar-refractivity contribution in [3.63, 3.8) is 0 Å². The Morgan fingerprint density at radius 3 is 2.81 bits per heavy atom. The lowest BCUT2D eigenvalue weighted by Crippen LogP contribution is -2.29. The van der Waals surface area contributed by atoms with E-state index < -0.39 is 0 Å². The van der Waals surface area contributed by atoms with E-state index in [2.05, 4.69) is 21.2 Å². The zero-order valence-electron chi connectivity index (χ0n) is 9.46. The molecule has 0 saturated carbocycles. The van der Waals surface area contributed by atoms with Crippen LogP contribution in [0, 0.1) is 12.8 Å². The van der Waals surface area contributed by atoms with E-state index in [0.29, 0.717) is 12.1 Å². The smallest absolute Gasteiger partial charge is 0.251 e. The molecule has 0 aliphatic carbocycles. The summed E-state index contributed by atoms with van der Waals surface area (Å²) in [5.41, 5.74) is 1.72. The lowest BCUT2D eigenvalue weighted by atomic mass is 10.1. The van der Waals surface area contributed by atoms with Crippen molar-refractivity contribution in [1.82, 2.24) is 5.32 Å². The maximum atomic E-state index is 11.7. The van der Waals surface area contributed by atoms with Gasteiger partial charge in [0.05, 0.1) is 0 Å². The molecule has 16 heavy (non-hydrogen) atoms. The molecule has 1 amide bonds. The highest BCUT2D eigenvalue weighted by Gasteiger charge is 2.08. The number of carbonyl (C=O) groups excluding carboxylic acids is 1. The Balaban J connectivity index is 2.63. The van der Waals surface area contributed by atoms with Gasteiger partial charge in [0.15, 0.2) is 0 Å². The van der Waals surface area contributed by atoms with Crippen LogP contribution in [-0.2, 0) is 0 Å². The third kappa shape index (κ3) is 3.61. The van der Waals surface area contributed by atoms with E-state index in [1.54, 1.807) is 12.1 Å². The van der Waals surface area contributed by atoms with Gasteiger partial charge in [-0.05, 0) is 30.5 Å². The maximum absolute atomic E-state index is 11.7. The van der Waals surface area contributed by atoms with Gasteiger partial charge in [0, 0.05) is 23.2 Å². The van der Waals surface area contributed by atoms with Crippen molar-refractivity contribution in [2.45, 2.75) is 13.8 Å². The van der Waals surface area contributed by atoms with Crippen LogP contribution < -0.4 is 5.32 Å². The third-order valence-corrected chi connectivity index (χ3v) is 3.21. The summed E-state index contributed by atoms with van der Waals surface area (Å²) >= 11 is 3.39. The lowest BCUT2D eigenvalue weighted by Gasteiger charge is -2.10. The first kappa shape index (κ1) is 13.2. The van der Waals surface area contributed by atoms with Gasteiger partial charge in [-0.3, -0.25) is 4.79 Å². The SMILES string of the molecule is Cc1ccc(C(=O)NCC(C)CO)cc1Br. The molecule has 0 aliphatic rings. The number of amides is 1. The van der Waals surface area contributed by atoms with Crippen molar-refractivity contribution in [2.24, 2.45) is 5.92 Å². The lowest BCUT2D eigenvalue weighted by molar-refractivity contribution is 0.0942. The van der Waals surface area contributed by atoms with Gasteiger partial charge in [0.1, 0.15) is 0 Å². The molecule has 0 aromatic heterocycles. The van der Waals surface area contributed by atoms with Gasteiger partial charge in [-0.1, -0.05) is 28.9 Å². The predicted molar refractivity (Wildman–Crippen MR) is 67.5 cm³/mol. The standard InChI is InChI=1S/C12H16BrNO2/c1-8(7-15)6-14-12(16)10-4-3-9(2)11(13)5-10/h3-5,8,15H,6-7H2,1-2H3,(H,14,16). The van der Waals surface area contributed by atoms with Crippen molar-refractivity contribution in [3.8, 4) is 0 Å². The van der Waals surface area contributed by atoms with Gasteiger partial charge < -0.3 is 10.4 Å². The molecule has 0 saturated heterocycles. The molecular formula is C12H16BrNO2. The van der Waals surface area contributed by atoms with E-state index in [1.165, 1.54) is 0 Å². The molecular weight excluding hydrogens is 270 g/mol.